The van der Waals surface area contributed by atoms with E-state index in [9.17, 15) is 24.6 Å². The molecule has 3 N–H and O–H groups in total. The van der Waals surface area contributed by atoms with Gasteiger partial charge >= 0.3 is 12.1 Å². The minimum atomic E-state index is -1.14. The lowest BCUT2D eigenvalue weighted by molar-refractivity contribution is -0.149. The van der Waals surface area contributed by atoms with E-state index in [0.717, 1.165) is 22.3 Å². The number of hydrogen-bond donors (Lipinski definition) is 3. The molecule has 0 saturated carbocycles. The van der Waals surface area contributed by atoms with Crippen molar-refractivity contribution in [1.82, 2.24) is 10.2 Å². The van der Waals surface area contributed by atoms with E-state index in [4.69, 9.17) is 4.74 Å². The first-order chi connectivity index (χ1) is 15.9. The third-order valence-electron chi connectivity index (χ3n) is 6.53. The maximum Gasteiger partial charge on any atom is 0.407 e. The van der Waals surface area contributed by atoms with Crippen LogP contribution in [0.3, 0.4) is 0 Å². The molecular formula is C25H28N2O6. The SMILES string of the molecule is CCC(CNC(=O)OCC1c2ccccc2-c2ccccc21)C(=O)N1C[C@H](O)C[C@@H]1C(=O)O. The topological polar surface area (TPSA) is 116 Å². The van der Waals surface area contributed by atoms with E-state index in [1.165, 1.54) is 4.90 Å². The third kappa shape index (κ3) is 4.57. The number of benzene rings is 2. The van der Waals surface area contributed by atoms with Gasteiger partial charge in [-0.05, 0) is 28.7 Å². The van der Waals surface area contributed by atoms with Crippen molar-refractivity contribution in [2.24, 2.45) is 5.92 Å². The number of rotatable bonds is 7. The first kappa shape index (κ1) is 22.8. The molecule has 2 aromatic carbocycles. The van der Waals surface area contributed by atoms with Gasteiger partial charge < -0.3 is 25.2 Å². The average molecular weight is 453 g/mol. The predicted octanol–water partition coefficient (Wildman–Crippen LogP) is 2.60. The van der Waals surface area contributed by atoms with Crippen molar-refractivity contribution < 1.29 is 29.3 Å². The highest BCUT2D eigenvalue weighted by Crippen LogP contribution is 2.44. The number of amides is 2. The quantitative estimate of drug-likeness (QED) is 0.595. The first-order valence-corrected chi connectivity index (χ1v) is 11.2. The molecule has 0 radical (unpaired) electrons. The lowest BCUT2D eigenvalue weighted by Crippen LogP contribution is -2.46. The number of ether oxygens (including phenoxy) is 1. The van der Waals surface area contributed by atoms with Crippen LogP contribution in [0, 0.1) is 5.92 Å². The minimum absolute atomic E-state index is 0.0112. The molecule has 0 spiro atoms. The molecule has 8 heteroatoms. The molecule has 8 nitrogen and oxygen atoms in total. The molecule has 2 aromatic rings. The normalized spacial score (nSPS) is 20.1. The molecule has 2 aliphatic rings. The zero-order valence-corrected chi connectivity index (χ0v) is 18.4. The number of aliphatic hydroxyl groups excluding tert-OH is 1. The Morgan fingerprint density at radius 3 is 2.27 bits per heavy atom. The number of aliphatic carboxylic acids is 1. The number of carboxylic acids is 1. The molecule has 0 aromatic heterocycles. The summed E-state index contributed by atoms with van der Waals surface area (Å²) in [5.41, 5.74) is 4.50. The smallest absolute Gasteiger partial charge is 0.407 e. The second-order valence-electron chi connectivity index (χ2n) is 8.55. The zero-order chi connectivity index (χ0) is 23.5. The van der Waals surface area contributed by atoms with Crippen LogP contribution in [-0.2, 0) is 14.3 Å². The lowest BCUT2D eigenvalue weighted by atomic mass is 9.98. The van der Waals surface area contributed by atoms with E-state index < -0.39 is 30.1 Å². The Morgan fingerprint density at radius 1 is 1.09 bits per heavy atom. The van der Waals surface area contributed by atoms with Crippen LogP contribution < -0.4 is 5.32 Å². The molecule has 1 saturated heterocycles. The molecule has 1 unspecified atom stereocenters. The van der Waals surface area contributed by atoms with Gasteiger partial charge in [0, 0.05) is 25.4 Å². The van der Waals surface area contributed by atoms with E-state index >= 15 is 0 Å². The zero-order valence-electron chi connectivity index (χ0n) is 18.4. The van der Waals surface area contributed by atoms with Crippen LogP contribution in [0.25, 0.3) is 11.1 Å². The molecule has 33 heavy (non-hydrogen) atoms. The van der Waals surface area contributed by atoms with Crippen molar-refractivity contribution in [3.63, 3.8) is 0 Å². The van der Waals surface area contributed by atoms with Gasteiger partial charge in [0.1, 0.15) is 12.6 Å². The van der Waals surface area contributed by atoms with Crippen molar-refractivity contribution in [3.8, 4) is 11.1 Å². The summed E-state index contributed by atoms with van der Waals surface area (Å²) < 4.78 is 5.51. The Labute approximate surface area is 192 Å². The number of alkyl carbamates (subject to hydrolysis) is 1. The number of nitrogens with zero attached hydrogens (tertiary/aromatic N) is 1. The molecule has 1 aliphatic heterocycles. The van der Waals surface area contributed by atoms with E-state index in [2.05, 4.69) is 17.4 Å². The van der Waals surface area contributed by atoms with Gasteiger partial charge in [0.2, 0.25) is 5.91 Å². The first-order valence-electron chi connectivity index (χ1n) is 11.2. The monoisotopic (exact) mass is 452 g/mol. The van der Waals surface area contributed by atoms with Gasteiger partial charge in [-0.1, -0.05) is 55.5 Å². The average Bonchev–Trinajstić information content (AvgIpc) is 3.36. The van der Waals surface area contributed by atoms with Crippen molar-refractivity contribution in [2.45, 2.75) is 37.8 Å². The molecule has 174 valence electrons. The summed E-state index contributed by atoms with van der Waals surface area (Å²) in [4.78, 5) is 37.9. The lowest BCUT2D eigenvalue weighted by Gasteiger charge is -2.26. The number of carboxylic acid groups (broad SMARTS) is 1. The Balaban J connectivity index is 1.35. The Morgan fingerprint density at radius 2 is 1.70 bits per heavy atom. The molecular weight excluding hydrogens is 424 g/mol. The van der Waals surface area contributed by atoms with Crippen LogP contribution in [0.1, 0.15) is 36.8 Å². The molecule has 3 atom stereocenters. The highest BCUT2D eigenvalue weighted by atomic mass is 16.5. The summed E-state index contributed by atoms with van der Waals surface area (Å²) >= 11 is 0. The van der Waals surface area contributed by atoms with Gasteiger partial charge in [0.05, 0.1) is 12.0 Å². The van der Waals surface area contributed by atoms with Gasteiger partial charge in [0.15, 0.2) is 0 Å². The van der Waals surface area contributed by atoms with E-state index in [1.54, 1.807) is 6.92 Å². The van der Waals surface area contributed by atoms with Gasteiger partial charge in [-0.3, -0.25) is 4.79 Å². The standard InChI is InChI=1S/C25H28N2O6/c1-2-15(23(29)27-13-16(28)11-22(27)24(30)31)12-26-25(32)33-14-21-19-9-5-3-7-17(19)18-8-4-6-10-20(18)21/h3-10,15-16,21-22,28H,2,11-14H2,1H3,(H,26,32)(H,30,31)/t15?,16-,22-/m1/s1. The summed E-state index contributed by atoms with van der Waals surface area (Å²) in [6, 6.07) is 15.1. The van der Waals surface area contributed by atoms with Crippen LogP contribution in [0.5, 0.6) is 0 Å². The Hall–Kier alpha value is -3.39. The number of carbonyl (C=O) groups excluding carboxylic acids is 2. The number of fused-ring (bicyclic) bond motifs is 3. The highest BCUT2D eigenvalue weighted by molar-refractivity contribution is 5.86. The highest BCUT2D eigenvalue weighted by Gasteiger charge is 2.40. The fourth-order valence-corrected chi connectivity index (χ4v) is 4.79. The van der Waals surface area contributed by atoms with Crippen molar-refractivity contribution in [1.29, 1.82) is 0 Å². The minimum Gasteiger partial charge on any atom is -0.480 e. The second kappa shape index (κ2) is 9.62. The second-order valence-corrected chi connectivity index (χ2v) is 8.55. The van der Waals surface area contributed by atoms with Crippen LogP contribution in [0.2, 0.25) is 0 Å². The maximum atomic E-state index is 12.9. The predicted molar refractivity (Wildman–Crippen MR) is 121 cm³/mol. The van der Waals surface area contributed by atoms with Crippen LogP contribution in [0.15, 0.2) is 48.5 Å². The van der Waals surface area contributed by atoms with Gasteiger partial charge in [-0.25, -0.2) is 9.59 Å². The van der Waals surface area contributed by atoms with Crippen LogP contribution in [-0.4, -0.2) is 64.9 Å². The number of aliphatic hydroxyl groups is 1. The molecule has 1 aliphatic carbocycles. The molecule has 0 bridgehead atoms. The summed E-state index contributed by atoms with van der Waals surface area (Å²) in [6.07, 6.45) is -1.05. The fraction of sp³-hybridized carbons (Fsp3) is 0.400. The molecule has 1 heterocycles. The number of β-amino-alcohol motifs (C(OH)–C–C–N with tert-alkyl or cyclic N) is 1. The summed E-state index contributed by atoms with van der Waals surface area (Å²) in [5.74, 6) is -2.19. The number of likely N-dealkylation sites (tertiary alicyclic amines) is 1. The fourth-order valence-electron chi connectivity index (χ4n) is 4.79. The van der Waals surface area contributed by atoms with Gasteiger partial charge in [0.25, 0.3) is 0 Å². The number of hydrogen-bond acceptors (Lipinski definition) is 5. The van der Waals surface area contributed by atoms with Gasteiger partial charge in [-0.2, -0.15) is 0 Å². The van der Waals surface area contributed by atoms with E-state index in [0.29, 0.717) is 6.42 Å². The number of nitrogens with one attached hydrogen (secondary N) is 1. The van der Waals surface area contributed by atoms with E-state index in [1.807, 2.05) is 36.4 Å². The maximum absolute atomic E-state index is 12.9. The van der Waals surface area contributed by atoms with Crippen molar-refractivity contribution in [3.05, 3.63) is 59.7 Å². The largest absolute Gasteiger partial charge is 0.480 e. The number of carbonyl (C=O) groups is 3. The van der Waals surface area contributed by atoms with Crippen molar-refractivity contribution in [2.75, 3.05) is 19.7 Å². The molecule has 4 rings (SSSR count). The summed E-state index contributed by atoms with van der Waals surface area (Å²) in [7, 11) is 0. The Kier molecular flexibility index (Phi) is 6.65. The summed E-state index contributed by atoms with van der Waals surface area (Å²) in [5, 5.41) is 21.8. The van der Waals surface area contributed by atoms with Crippen molar-refractivity contribution >= 4 is 18.0 Å². The van der Waals surface area contributed by atoms with Crippen LogP contribution in [0.4, 0.5) is 4.79 Å². The third-order valence-corrected chi connectivity index (χ3v) is 6.53. The Bertz CT molecular complexity index is 1010. The molecule has 2 amide bonds. The van der Waals surface area contributed by atoms with Crippen LogP contribution >= 0.6 is 0 Å². The van der Waals surface area contributed by atoms with E-state index in [-0.39, 0.29) is 37.9 Å². The molecule has 1 fully saturated rings. The summed E-state index contributed by atoms with van der Waals surface area (Å²) in [6.45, 7) is 1.98. The van der Waals surface area contributed by atoms with Gasteiger partial charge in [-0.15, -0.1) is 0 Å².